The minimum atomic E-state index is -0.554. The van der Waals surface area contributed by atoms with E-state index in [1.54, 1.807) is 0 Å². The molecule has 0 unspecified atom stereocenters. The zero-order valence-corrected chi connectivity index (χ0v) is 15.4. The fraction of sp³-hybridized carbons (Fsp3) is 0.211. The first-order valence-corrected chi connectivity index (χ1v) is 8.61. The van der Waals surface area contributed by atoms with Gasteiger partial charge in [0.2, 0.25) is 0 Å². The van der Waals surface area contributed by atoms with Crippen molar-refractivity contribution in [2.45, 2.75) is 26.5 Å². The van der Waals surface area contributed by atoms with Crippen molar-refractivity contribution in [3.63, 3.8) is 0 Å². The summed E-state index contributed by atoms with van der Waals surface area (Å²) in [5.74, 6) is 0.347. The SMILES string of the molecule is CC(C)Oc1ccc(CNC(=O)c2ccc(-n3cncn3)c([N+](=O)[O-])c2)cc1. The second-order valence-electron chi connectivity index (χ2n) is 6.29. The number of nitro groups is 1. The Morgan fingerprint density at radius 2 is 2.00 bits per heavy atom. The third-order valence-corrected chi connectivity index (χ3v) is 3.85. The van der Waals surface area contributed by atoms with E-state index >= 15 is 0 Å². The highest BCUT2D eigenvalue weighted by atomic mass is 16.6. The van der Waals surface area contributed by atoms with Gasteiger partial charge in [-0.25, -0.2) is 9.67 Å². The van der Waals surface area contributed by atoms with Crippen LogP contribution < -0.4 is 10.1 Å². The number of aromatic nitrogens is 3. The molecule has 144 valence electrons. The molecule has 3 rings (SSSR count). The maximum absolute atomic E-state index is 12.4. The molecule has 9 heteroatoms. The monoisotopic (exact) mass is 381 g/mol. The van der Waals surface area contributed by atoms with Crippen LogP contribution in [-0.4, -0.2) is 31.7 Å². The van der Waals surface area contributed by atoms with Gasteiger partial charge >= 0.3 is 0 Å². The summed E-state index contributed by atoms with van der Waals surface area (Å²) in [6.07, 6.45) is 2.72. The van der Waals surface area contributed by atoms with Crippen LogP contribution in [0.25, 0.3) is 5.69 Å². The van der Waals surface area contributed by atoms with Crippen molar-refractivity contribution < 1.29 is 14.5 Å². The van der Waals surface area contributed by atoms with E-state index in [1.165, 1.54) is 35.5 Å². The number of carbonyl (C=O) groups excluding carboxylic acids is 1. The molecule has 0 aliphatic heterocycles. The number of ether oxygens (including phenoxy) is 1. The molecule has 0 aliphatic rings. The van der Waals surface area contributed by atoms with Crippen LogP contribution in [0.3, 0.4) is 0 Å². The lowest BCUT2D eigenvalue weighted by Gasteiger charge is -2.11. The molecule has 1 N–H and O–H groups in total. The predicted octanol–water partition coefficient (Wildman–Crippen LogP) is 2.89. The van der Waals surface area contributed by atoms with Crippen LogP contribution in [-0.2, 0) is 6.54 Å². The maximum atomic E-state index is 12.4. The van der Waals surface area contributed by atoms with E-state index in [4.69, 9.17) is 4.74 Å². The van der Waals surface area contributed by atoms with Gasteiger partial charge in [0.1, 0.15) is 24.1 Å². The molecule has 0 fully saturated rings. The van der Waals surface area contributed by atoms with Crippen molar-refractivity contribution in [3.05, 3.63) is 76.4 Å². The van der Waals surface area contributed by atoms with Gasteiger partial charge in [-0.2, -0.15) is 5.10 Å². The standard InChI is InChI=1S/C19H19N5O4/c1-13(2)28-16-6-3-14(4-7-16)10-21-19(25)15-5-8-17(18(9-15)24(26)27)23-12-20-11-22-23/h3-9,11-13H,10H2,1-2H3,(H,21,25). The Hall–Kier alpha value is -3.75. The quantitative estimate of drug-likeness (QED) is 0.497. The van der Waals surface area contributed by atoms with E-state index in [-0.39, 0.29) is 23.0 Å². The molecule has 2 aromatic carbocycles. The van der Waals surface area contributed by atoms with E-state index < -0.39 is 10.8 Å². The van der Waals surface area contributed by atoms with Crippen molar-refractivity contribution in [3.8, 4) is 11.4 Å². The lowest BCUT2D eigenvalue weighted by molar-refractivity contribution is -0.384. The van der Waals surface area contributed by atoms with E-state index in [2.05, 4.69) is 15.4 Å². The number of nitrogens with one attached hydrogen (secondary N) is 1. The third kappa shape index (κ3) is 4.50. The van der Waals surface area contributed by atoms with Gasteiger partial charge in [-0.1, -0.05) is 12.1 Å². The number of nitro benzene ring substituents is 1. The first-order chi connectivity index (χ1) is 13.4. The van der Waals surface area contributed by atoms with E-state index in [0.717, 1.165) is 11.3 Å². The average Bonchev–Trinajstić information content (AvgIpc) is 3.21. The van der Waals surface area contributed by atoms with Crippen molar-refractivity contribution >= 4 is 11.6 Å². The topological polar surface area (TPSA) is 112 Å². The average molecular weight is 381 g/mol. The number of hydrogen-bond donors (Lipinski definition) is 1. The van der Waals surface area contributed by atoms with Crippen molar-refractivity contribution in [1.29, 1.82) is 0 Å². The molecule has 9 nitrogen and oxygen atoms in total. The van der Waals surface area contributed by atoms with Crippen LogP contribution in [0, 0.1) is 10.1 Å². The molecule has 1 heterocycles. The molecule has 0 spiro atoms. The first kappa shape index (κ1) is 19.0. The summed E-state index contributed by atoms with van der Waals surface area (Å²) in [4.78, 5) is 27.0. The molecule has 0 aliphatic carbocycles. The molecule has 1 aromatic heterocycles. The number of rotatable bonds is 7. The van der Waals surface area contributed by atoms with Crippen molar-refractivity contribution in [2.24, 2.45) is 0 Å². The second-order valence-corrected chi connectivity index (χ2v) is 6.29. The molecule has 0 atom stereocenters. The van der Waals surface area contributed by atoms with E-state index in [9.17, 15) is 14.9 Å². The molecule has 28 heavy (non-hydrogen) atoms. The van der Waals surface area contributed by atoms with Crippen LogP contribution in [0.2, 0.25) is 0 Å². The minimum Gasteiger partial charge on any atom is -0.491 e. The molecular weight excluding hydrogens is 362 g/mol. The zero-order valence-electron chi connectivity index (χ0n) is 15.4. The summed E-state index contributed by atoms with van der Waals surface area (Å²) in [5.41, 5.74) is 1.08. The minimum absolute atomic E-state index is 0.0850. The van der Waals surface area contributed by atoms with Gasteiger partial charge in [0.25, 0.3) is 11.6 Å². The molecule has 0 saturated carbocycles. The molecule has 0 saturated heterocycles. The molecular formula is C19H19N5O4. The van der Waals surface area contributed by atoms with Crippen LogP contribution in [0.15, 0.2) is 55.1 Å². The molecule has 3 aromatic rings. The Morgan fingerprint density at radius 1 is 1.25 bits per heavy atom. The number of hydrogen-bond acceptors (Lipinski definition) is 6. The van der Waals surface area contributed by atoms with Gasteiger partial charge < -0.3 is 10.1 Å². The Kier molecular flexibility index (Phi) is 5.64. The fourth-order valence-electron chi connectivity index (χ4n) is 2.58. The van der Waals surface area contributed by atoms with E-state index in [1.807, 2.05) is 38.1 Å². The van der Waals surface area contributed by atoms with Gasteiger partial charge in [-0.05, 0) is 43.7 Å². The molecule has 0 radical (unpaired) electrons. The zero-order chi connectivity index (χ0) is 20.1. The second kappa shape index (κ2) is 8.30. The summed E-state index contributed by atoms with van der Waals surface area (Å²) in [6, 6.07) is 11.6. The number of carbonyl (C=O) groups is 1. The number of benzene rings is 2. The van der Waals surface area contributed by atoms with Gasteiger partial charge in [-0.3, -0.25) is 14.9 Å². The largest absolute Gasteiger partial charge is 0.491 e. The van der Waals surface area contributed by atoms with Crippen LogP contribution in [0.4, 0.5) is 5.69 Å². The normalized spacial score (nSPS) is 10.7. The van der Waals surface area contributed by atoms with Gasteiger partial charge in [0.05, 0.1) is 11.0 Å². The molecule has 0 bridgehead atoms. The molecule has 1 amide bonds. The van der Waals surface area contributed by atoms with Crippen molar-refractivity contribution in [2.75, 3.05) is 0 Å². The lowest BCUT2D eigenvalue weighted by Crippen LogP contribution is -2.23. The first-order valence-electron chi connectivity index (χ1n) is 8.61. The van der Waals surface area contributed by atoms with Gasteiger partial charge in [0, 0.05) is 18.2 Å². The van der Waals surface area contributed by atoms with Gasteiger partial charge in [-0.15, -0.1) is 0 Å². The van der Waals surface area contributed by atoms with Crippen molar-refractivity contribution in [1.82, 2.24) is 20.1 Å². The Bertz CT molecular complexity index is 968. The number of nitrogens with zero attached hydrogens (tertiary/aromatic N) is 4. The maximum Gasteiger partial charge on any atom is 0.295 e. The Balaban J connectivity index is 1.70. The highest BCUT2D eigenvalue weighted by molar-refractivity contribution is 5.95. The Labute approximate surface area is 161 Å². The highest BCUT2D eigenvalue weighted by Gasteiger charge is 2.19. The predicted molar refractivity (Wildman–Crippen MR) is 101 cm³/mol. The summed E-state index contributed by atoms with van der Waals surface area (Å²) in [6.45, 7) is 4.18. The number of amides is 1. The third-order valence-electron chi connectivity index (χ3n) is 3.85. The fourth-order valence-corrected chi connectivity index (χ4v) is 2.58. The summed E-state index contributed by atoms with van der Waals surface area (Å²) in [7, 11) is 0. The Morgan fingerprint density at radius 3 is 2.61 bits per heavy atom. The van der Waals surface area contributed by atoms with E-state index in [0.29, 0.717) is 6.54 Å². The van der Waals surface area contributed by atoms with Crippen LogP contribution >= 0.6 is 0 Å². The smallest absolute Gasteiger partial charge is 0.295 e. The summed E-state index contributed by atoms with van der Waals surface area (Å²) >= 11 is 0. The summed E-state index contributed by atoms with van der Waals surface area (Å²) in [5, 5.41) is 18.0. The highest BCUT2D eigenvalue weighted by Crippen LogP contribution is 2.23. The van der Waals surface area contributed by atoms with Crippen LogP contribution in [0.5, 0.6) is 5.75 Å². The van der Waals surface area contributed by atoms with Crippen LogP contribution in [0.1, 0.15) is 29.8 Å². The van der Waals surface area contributed by atoms with Gasteiger partial charge in [0.15, 0.2) is 0 Å². The summed E-state index contributed by atoms with van der Waals surface area (Å²) < 4.78 is 6.86. The lowest BCUT2D eigenvalue weighted by atomic mass is 10.1.